The molecule has 0 spiro atoms. The molecule has 0 aliphatic carbocycles. The molecule has 1 saturated heterocycles. The second kappa shape index (κ2) is 5.44. The van der Waals surface area contributed by atoms with Crippen LogP contribution in [0.4, 0.5) is 4.79 Å². The monoisotopic (exact) mass is 278 g/mol. The molecule has 106 valence electrons. The molecule has 1 aliphatic heterocycles. The lowest BCUT2D eigenvalue weighted by atomic mass is 10.2. The highest BCUT2D eigenvalue weighted by atomic mass is 32.2. The van der Waals surface area contributed by atoms with Gasteiger partial charge in [-0.05, 0) is 34.1 Å². The highest BCUT2D eigenvalue weighted by molar-refractivity contribution is 7.89. The predicted molar refractivity (Wildman–Crippen MR) is 68.8 cm³/mol. The molecule has 0 aromatic rings. The number of carbonyl (C=O) groups is 1. The molecule has 1 aliphatic rings. The van der Waals surface area contributed by atoms with Crippen LogP contribution in [0, 0.1) is 0 Å². The molecule has 1 N–H and O–H groups in total. The number of hydrogen-bond donors (Lipinski definition) is 1. The van der Waals surface area contributed by atoms with Gasteiger partial charge in [0.05, 0.1) is 5.75 Å². The quantitative estimate of drug-likeness (QED) is 0.833. The molecule has 0 bridgehead atoms. The maximum Gasteiger partial charge on any atom is 0.410 e. The molecule has 0 aromatic heterocycles. The summed E-state index contributed by atoms with van der Waals surface area (Å²) in [5.41, 5.74) is -0.530. The molecule has 1 rings (SSSR count). The Morgan fingerprint density at radius 3 is 2.56 bits per heavy atom. The molecule has 18 heavy (non-hydrogen) atoms. The minimum Gasteiger partial charge on any atom is -0.444 e. The molecular formula is C11H22N2O4S. The highest BCUT2D eigenvalue weighted by Gasteiger charge is 2.31. The molecule has 1 heterocycles. The van der Waals surface area contributed by atoms with Gasteiger partial charge in [-0.2, -0.15) is 0 Å². The van der Waals surface area contributed by atoms with E-state index < -0.39 is 15.6 Å². The van der Waals surface area contributed by atoms with Gasteiger partial charge in [0.25, 0.3) is 0 Å². The first-order valence-corrected chi connectivity index (χ1v) is 7.76. The van der Waals surface area contributed by atoms with Crippen molar-refractivity contribution in [2.24, 2.45) is 0 Å². The Labute approximate surface area is 109 Å². The second-order valence-electron chi connectivity index (χ2n) is 5.43. The minimum absolute atomic E-state index is 0.0515. The van der Waals surface area contributed by atoms with E-state index in [1.165, 1.54) is 4.90 Å². The number of carbonyl (C=O) groups excluding carboxylic acids is 1. The first-order chi connectivity index (χ1) is 8.13. The number of rotatable bonds is 3. The Kier molecular flexibility index (Phi) is 4.61. The number of ether oxygens (including phenoxy) is 1. The van der Waals surface area contributed by atoms with E-state index in [9.17, 15) is 13.2 Å². The Bertz CT molecular complexity index is 400. The van der Waals surface area contributed by atoms with E-state index in [-0.39, 0.29) is 17.9 Å². The lowest BCUT2D eigenvalue weighted by molar-refractivity contribution is 0.0292. The van der Waals surface area contributed by atoms with E-state index in [0.29, 0.717) is 19.5 Å². The normalized spacial score (nSPS) is 21.1. The molecule has 0 unspecified atom stereocenters. The molecule has 0 saturated carbocycles. The Hall–Kier alpha value is -0.820. The number of hydrogen-bond acceptors (Lipinski definition) is 4. The van der Waals surface area contributed by atoms with Crippen LogP contribution in [-0.2, 0) is 14.8 Å². The summed E-state index contributed by atoms with van der Waals surface area (Å²) in [6.07, 6.45) is 0.235. The van der Waals surface area contributed by atoms with Crippen molar-refractivity contribution in [1.82, 2.24) is 9.62 Å². The third-order valence-corrected chi connectivity index (χ3v) is 4.02. The highest BCUT2D eigenvalue weighted by Crippen LogP contribution is 2.15. The fraction of sp³-hybridized carbons (Fsp3) is 0.909. The zero-order valence-corrected chi connectivity index (χ0v) is 12.2. The van der Waals surface area contributed by atoms with Crippen molar-refractivity contribution in [2.45, 2.75) is 45.8 Å². The van der Waals surface area contributed by atoms with Crippen molar-refractivity contribution >= 4 is 16.1 Å². The van der Waals surface area contributed by atoms with Gasteiger partial charge >= 0.3 is 6.09 Å². The second-order valence-corrected chi connectivity index (χ2v) is 7.48. The van der Waals surface area contributed by atoms with Crippen LogP contribution in [0.2, 0.25) is 0 Å². The van der Waals surface area contributed by atoms with Crippen LogP contribution < -0.4 is 4.72 Å². The summed E-state index contributed by atoms with van der Waals surface area (Å²) in [5.74, 6) is 0.0515. The van der Waals surface area contributed by atoms with Gasteiger partial charge in [-0.15, -0.1) is 0 Å². The van der Waals surface area contributed by atoms with Crippen molar-refractivity contribution in [2.75, 3.05) is 18.8 Å². The Morgan fingerprint density at radius 1 is 1.44 bits per heavy atom. The lowest BCUT2D eigenvalue weighted by Gasteiger charge is -2.24. The zero-order chi connectivity index (χ0) is 14.0. The lowest BCUT2D eigenvalue weighted by Crippen LogP contribution is -2.40. The van der Waals surface area contributed by atoms with E-state index in [0.717, 1.165) is 0 Å². The van der Waals surface area contributed by atoms with Gasteiger partial charge in [-0.25, -0.2) is 17.9 Å². The van der Waals surface area contributed by atoms with Crippen LogP contribution in [0.3, 0.4) is 0 Å². The Morgan fingerprint density at radius 2 is 2.06 bits per heavy atom. The van der Waals surface area contributed by atoms with Crippen molar-refractivity contribution in [1.29, 1.82) is 0 Å². The van der Waals surface area contributed by atoms with E-state index >= 15 is 0 Å². The molecule has 0 aromatic carbocycles. The molecular weight excluding hydrogens is 256 g/mol. The van der Waals surface area contributed by atoms with Crippen LogP contribution in [0.5, 0.6) is 0 Å². The number of amides is 1. The van der Waals surface area contributed by atoms with Crippen LogP contribution in [-0.4, -0.2) is 49.9 Å². The average Bonchev–Trinajstić information content (AvgIpc) is 2.63. The number of sulfonamides is 1. The number of likely N-dealkylation sites (tertiary alicyclic amines) is 1. The summed E-state index contributed by atoms with van der Waals surface area (Å²) in [4.78, 5) is 13.3. The zero-order valence-electron chi connectivity index (χ0n) is 11.4. The molecule has 1 atom stereocenters. The van der Waals surface area contributed by atoms with Gasteiger partial charge < -0.3 is 9.64 Å². The third kappa shape index (κ3) is 4.81. The molecule has 1 amide bonds. The van der Waals surface area contributed by atoms with Crippen LogP contribution >= 0.6 is 0 Å². The van der Waals surface area contributed by atoms with Gasteiger partial charge in [0.2, 0.25) is 10.0 Å². The fourth-order valence-electron chi connectivity index (χ4n) is 1.69. The minimum atomic E-state index is -3.22. The van der Waals surface area contributed by atoms with Gasteiger partial charge in [-0.3, -0.25) is 0 Å². The molecule has 1 fully saturated rings. The van der Waals surface area contributed by atoms with Gasteiger partial charge in [-0.1, -0.05) is 0 Å². The van der Waals surface area contributed by atoms with Crippen molar-refractivity contribution < 1.29 is 17.9 Å². The average molecular weight is 278 g/mol. The summed E-state index contributed by atoms with van der Waals surface area (Å²) >= 11 is 0. The van der Waals surface area contributed by atoms with E-state index in [1.807, 2.05) is 0 Å². The fourth-order valence-corrected chi connectivity index (χ4v) is 2.55. The Balaban J connectivity index is 2.49. The van der Waals surface area contributed by atoms with E-state index in [2.05, 4.69) is 4.72 Å². The molecule has 6 nitrogen and oxygen atoms in total. The summed E-state index contributed by atoms with van der Waals surface area (Å²) in [7, 11) is -3.22. The summed E-state index contributed by atoms with van der Waals surface area (Å²) < 4.78 is 30.6. The van der Waals surface area contributed by atoms with Crippen LogP contribution in [0.1, 0.15) is 34.1 Å². The predicted octanol–water partition coefficient (Wildman–Crippen LogP) is 0.935. The van der Waals surface area contributed by atoms with Crippen molar-refractivity contribution in [3.8, 4) is 0 Å². The SMILES string of the molecule is CCS(=O)(=O)N[C@H]1CCN(C(=O)OC(C)(C)C)C1. The first-order valence-electron chi connectivity index (χ1n) is 6.11. The summed E-state index contributed by atoms with van der Waals surface area (Å²) in [5, 5.41) is 0. The maximum atomic E-state index is 11.8. The van der Waals surface area contributed by atoms with Crippen molar-refractivity contribution in [3.05, 3.63) is 0 Å². The summed E-state index contributed by atoms with van der Waals surface area (Å²) in [6, 6.07) is -0.206. The largest absolute Gasteiger partial charge is 0.444 e. The molecule has 7 heteroatoms. The van der Waals surface area contributed by atoms with Crippen LogP contribution in [0.15, 0.2) is 0 Å². The summed E-state index contributed by atoms with van der Waals surface area (Å²) in [6.45, 7) is 7.89. The van der Waals surface area contributed by atoms with E-state index in [1.54, 1.807) is 27.7 Å². The van der Waals surface area contributed by atoms with Crippen molar-refractivity contribution in [3.63, 3.8) is 0 Å². The first kappa shape index (κ1) is 15.2. The topological polar surface area (TPSA) is 75.7 Å². The smallest absolute Gasteiger partial charge is 0.410 e. The van der Waals surface area contributed by atoms with Gasteiger partial charge in [0.1, 0.15) is 5.60 Å². The third-order valence-electron chi connectivity index (χ3n) is 2.57. The number of nitrogens with one attached hydrogen (secondary N) is 1. The van der Waals surface area contributed by atoms with Gasteiger partial charge in [0, 0.05) is 19.1 Å². The number of nitrogens with zero attached hydrogens (tertiary/aromatic N) is 1. The van der Waals surface area contributed by atoms with Gasteiger partial charge in [0.15, 0.2) is 0 Å². The molecule has 0 radical (unpaired) electrons. The van der Waals surface area contributed by atoms with E-state index in [4.69, 9.17) is 4.74 Å². The standard InChI is InChI=1S/C11H22N2O4S/c1-5-18(15,16)12-9-6-7-13(8-9)10(14)17-11(2,3)4/h9,12H,5-8H2,1-4H3/t9-/m0/s1. The maximum absolute atomic E-state index is 11.8. The van der Waals surface area contributed by atoms with Crippen LogP contribution in [0.25, 0.3) is 0 Å².